The van der Waals surface area contributed by atoms with E-state index in [1.165, 1.54) is 19.4 Å². The molecule has 0 radical (unpaired) electrons. The van der Waals surface area contributed by atoms with E-state index in [1.54, 1.807) is 18.2 Å². The van der Waals surface area contributed by atoms with Gasteiger partial charge in [0.2, 0.25) is 5.88 Å². The zero-order valence-corrected chi connectivity index (χ0v) is 13.3. The highest BCUT2D eigenvalue weighted by molar-refractivity contribution is 8.15. The van der Waals surface area contributed by atoms with E-state index in [1.807, 2.05) is 0 Å². The summed E-state index contributed by atoms with van der Waals surface area (Å²) in [6, 6.07) is 6.21. The number of halogens is 1. The molecule has 0 aliphatic heterocycles. The molecule has 0 fully saturated rings. The van der Waals surface area contributed by atoms with Gasteiger partial charge in [-0.25, -0.2) is 13.4 Å². The van der Waals surface area contributed by atoms with E-state index < -0.39 is 9.05 Å². The Morgan fingerprint density at radius 2 is 2.19 bits per heavy atom. The predicted octanol–water partition coefficient (Wildman–Crippen LogP) is 2.01. The van der Waals surface area contributed by atoms with Gasteiger partial charge in [-0.05, 0) is 24.3 Å². The standard InChI is InChI=1S/C12H11ClN2O4S2/c1-19-12-9(3-2-6-14-12)11(16)15-7-8-4-5-10(20-8)21(13,17)18/h2-6H,7H2,1H3,(H,15,16). The Labute approximate surface area is 130 Å². The normalized spacial score (nSPS) is 11.1. The number of amides is 1. The van der Waals surface area contributed by atoms with Crippen molar-refractivity contribution in [3.8, 4) is 5.88 Å². The lowest BCUT2D eigenvalue weighted by atomic mass is 10.2. The molecule has 2 aromatic rings. The number of pyridine rings is 1. The van der Waals surface area contributed by atoms with Crippen molar-refractivity contribution in [1.29, 1.82) is 0 Å². The average Bonchev–Trinajstić information content (AvgIpc) is 2.93. The van der Waals surface area contributed by atoms with Crippen molar-refractivity contribution in [2.45, 2.75) is 10.8 Å². The molecule has 0 aliphatic rings. The van der Waals surface area contributed by atoms with E-state index in [2.05, 4.69) is 10.3 Å². The van der Waals surface area contributed by atoms with Crippen LogP contribution in [0.2, 0.25) is 0 Å². The maximum absolute atomic E-state index is 12.0. The van der Waals surface area contributed by atoms with Gasteiger partial charge in [0.25, 0.3) is 15.0 Å². The molecule has 2 rings (SSSR count). The Kier molecular flexibility index (Phi) is 4.81. The van der Waals surface area contributed by atoms with Crippen LogP contribution in [0.4, 0.5) is 0 Å². The molecule has 6 nitrogen and oxygen atoms in total. The lowest BCUT2D eigenvalue weighted by molar-refractivity contribution is 0.0947. The van der Waals surface area contributed by atoms with Crippen LogP contribution >= 0.6 is 22.0 Å². The van der Waals surface area contributed by atoms with E-state index in [0.29, 0.717) is 10.4 Å². The molecular formula is C12H11ClN2O4S2. The van der Waals surface area contributed by atoms with Gasteiger partial charge in [0, 0.05) is 21.8 Å². The fourth-order valence-corrected chi connectivity index (χ4v) is 3.64. The molecule has 0 saturated carbocycles. The number of aromatic nitrogens is 1. The van der Waals surface area contributed by atoms with Crippen molar-refractivity contribution in [1.82, 2.24) is 10.3 Å². The number of methoxy groups -OCH3 is 1. The highest BCUT2D eigenvalue weighted by atomic mass is 35.7. The molecule has 1 N–H and O–H groups in total. The molecule has 1 amide bonds. The van der Waals surface area contributed by atoms with E-state index in [-0.39, 0.29) is 22.5 Å². The first-order chi connectivity index (χ1) is 9.91. The van der Waals surface area contributed by atoms with Crippen LogP contribution in [0, 0.1) is 0 Å². The second-order valence-corrected chi connectivity index (χ2v) is 7.86. The summed E-state index contributed by atoms with van der Waals surface area (Å²) in [5.41, 5.74) is 0.307. The predicted molar refractivity (Wildman–Crippen MR) is 79.3 cm³/mol. The monoisotopic (exact) mass is 346 g/mol. The third-order valence-corrected chi connectivity index (χ3v) is 5.69. The van der Waals surface area contributed by atoms with Gasteiger partial charge in [-0.3, -0.25) is 4.79 Å². The highest BCUT2D eigenvalue weighted by Crippen LogP contribution is 2.24. The van der Waals surface area contributed by atoms with E-state index in [9.17, 15) is 13.2 Å². The molecule has 0 unspecified atom stereocenters. The number of carbonyl (C=O) groups excluding carboxylic acids is 1. The maximum Gasteiger partial charge on any atom is 0.270 e. The van der Waals surface area contributed by atoms with Gasteiger partial charge in [0.1, 0.15) is 9.77 Å². The van der Waals surface area contributed by atoms with Crippen molar-refractivity contribution >= 4 is 37.0 Å². The molecule has 2 heterocycles. The number of ether oxygens (including phenoxy) is 1. The number of nitrogens with one attached hydrogen (secondary N) is 1. The van der Waals surface area contributed by atoms with Crippen LogP contribution in [-0.4, -0.2) is 26.4 Å². The molecule has 112 valence electrons. The van der Waals surface area contributed by atoms with Crippen LogP contribution in [0.5, 0.6) is 5.88 Å². The topological polar surface area (TPSA) is 85.4 Å². The van der Waals surface area contributed by atoms with Gasteiger partial charge in [-0.15, -0.1) is 11.3 Å². The van der Waals surface area contributed by atoms with Crippen molar-refractivity contribution in [3.05, 3.63) is 40.9 Å². The van der Waals surface area contributed by atoms with Gasteiger partial charge in [-0.1, -0.05) is 0 Å². The van der Waals surface area contributed by atoms with E-state index >= 15 is 0 Å². The number of hydrogen-bond donors (Lipinski definition) is 1. The second kappa shape index (κ2) is 6.42. The highest BCUT2D eigenvalue weighted by Gasteiger charge is 2.15. The molecule has 2 aromatic heterocycles. The van der Waals surface area contributed by atoms with Gasteiger partial charge in [0.05, 0.1) is 13.7 Å². The number of hydrogen-bond acceptors (Lipinski definition) is 6. The first kappa shape index (κ1) is 15.7. The summed E-state index contributed by atoms with van der Waals surface area (Å²) >= 11 is 1.01. The zero-order valence-electron chi connectivity index (χ0n) is 10.9. The van der Waals surface area contributed by atoms with Crippen molar-refractivity contribution in [2.24, 2.45) is 0 Å². The summed E-state index contributed by atoms with van der Waals surface area (Å²) in [5, 5.41) is 2.67. The lowest BCUT2D eigenvalue weighted by Gasteiger charge is -2.07. The first-order valence-corrected chi connectivity index (χ1v) is 8.85. The van der Waals surface area contributed by atoms with Crippen LogP contribution in [0.1, 0.15) is 15.2 Å². The molecule has 0 bridgehead atoms. The molecule has 0 aromatic carbocycles. The van der Waals surface area contributed by atoms with Crippen molar-refractivity contribution in [2.75, 3.05) is 7.11 Å². The Balaban J connectivity index is 2.06. The molecule has 0 aliphatic carbocycles. The Hall–Kier alpha value is -1.64. The quantitative estimate of drug-likeness (QED) is 0.837. The van der Waals surface area contributed by atoms with Gasteiger partial charge in [0.15, 0.2) is 0 Å². The smallest absolute Gasteiger partial charge is 0.270 e. The molecule has 21 heavy (non-hydrogen) atoms. The van der Waals surface area contributed by atoms with E-state index in [4.69, 9.17) is 15.4 Å². The SMILES string of the molecule is COc1ncccc1C(=O)NCc1ccc(S(=O)(=O)Cl)s1. The molecule has 0 saturated heterocycles. The van der Waals surface area contributed by atoms with Crippen LogP contribution in [0.15, 0.2) is 34.7 Å². The van der Waals surface area contributed by atoms with Crippen LogP contribution in [0.25, 0.3) is 0 Å². The molecular weight excluding hydrogens is 336 g/mol. The second-order valence-electron chi connectivity index (χ2n) is 3.90. The van der Waals surface area contributed by atoms with Gasteiger partial charge in [-0.2, -0.15) is 0 Å². The van der Waals surface area contributed by atoms with E-state index in [0.717, 1.165) is 11.3 Å². The Morgan fingerprint density at radius 3 is 2.81 bits per heavy atom. The van der Waals surface area contributed by atoms with Crippen LogP contribution in [0.3, 0.4) is 0 Å². The fourth-order valence-electron chi connectivity index (χ4n) is 1.57. The third-order valence-electron chi connectivity index (χ3n) is 2.51. The molecule has 9 heteroatoms. The zero-order chi connectivity index (χ0) is 15.5. The number of thiophene rings is 1. The van der Waals surface area contributed by atoms with Crippen LogP contribution < -0.4 is 10.1 Å². The molecule has 0 atom stereocenters. The van der Waals surface area contributed by atoms with Gasteiger partial charge >= 0.3 is 0 Å². The summed E-state index contributed by atoms with van der Waals surface area (Å²) in [6.45, 7) is 0.188. The summed E-state index contributed by atoms with van der Waals surface area (Å²) in [4.78, 5) is 16.6. The maximum atomic E-state index is 12.0. The lowest BCUT2D eigenvalue weighted by Crippen LogP contribution is -2.23. The average molecular weight is 347 g/mol. The Morgan fingerprint density at radius 1 is 1.43 bits per heavy atom. The minimum Gasteiger partial charge on any atom is -0.480 e. The molecule has 0 spiro atoms. The third kappa shape index (κ3) is 3.93. The Bertz CT molecular complexity index is 758. The van der Waals surface area contributed by atoms with Crippen molar-refractivity contribution in [3.63, 3.8) is 0 Å². The van der Waals surface area contributed by atoms with Crippen molar-refractivity contribution < 1.29 is 17.9 Å². The van der Waals surface area contributed by atoms with Crippen LogP contribution in [-0.2, 0) is 15.6 Å². The summed E-state index contributed by atoms with van der Waals surface area (Å²) < 4.78 is 27.4. The first-order valence-electron chi connectivity index (χ1n) is 5.72. The number of rotatable bonds is 5. The summed E-state index contributed by atoms with van der Waals surface area (Å²) in [5.74, 6) is -0.131. The van der Waals surface area contributed by atoms with Gasteiger partial charge < -0.3 is 10.1 Å². The summed E-state index contributed by atoms with van der Waals surface area (Å²) in [6.07, 6.45) is 1.52. The number of nitrogens with zero attached hydrogens (tertiary/aromatic N) is 1. The minimum atomic E-state index is -3.74. The fraction of sp³-hybridized carbons (Fsp3) is 0.167. The number of carbonyl (C=O) groups is 1. The minimum absolute atomic E-state index is 0.0485. The summed E-state index contributed by atoms with van der Waals surface area (Å²) in [7, 11) is 2.93. The largest absolute Gasteiger partial charge is 0.480 e.